The van der Waals surface area contributed by atoms with Crippen molar-refractivity contribution >= 4 is 18.4 Å². The second-order valence-electron chi connectivity index (χ2n) is 4.55. The third-order valence-corrected chi connectivity index (χ3v) is 3.15. The maximum atomic E-state index is 5.66. The van der Waals surface area contributed by atoms with Gasteiger partial charge in [0.2, 0.25) is 4.77 Å². The van der Waals surface area contributed by atoms with Gasteiger partial charge in [0, 0.05) is 0 Å². The first kappa shape index (κ1) is 14.3. The van der Waals surface area contributed by atoms with E-state index >= 15 is 0 Å². The zero-order valence-electron chi connectivity index (χ0n) is 11.9. The Kier molecular flexibility index (Phi) is 4.15. The van der Waals surface area contributed by atoms with Gasteiger partial charge in [-0.05, 0) is 43.4 Å². The number of aromatic nitrogens is 3. The van der Waals surface area contributed by atoms with Gasteiger partial charge in [-0.15, -0.1) is 0 Å². The summed E-state index contributed by atoms with van der Waals surface area (Å²) in [5.41, 5.74) is 0. The molecule has 112 valence electrons. The molecule has 0 saturated carbocycles. The van der Waals surface area contributed by atoms with Gasteiger partial charge in [0.25, 0.3) is 0 Å². The Labute approximate surface area is 132 Å². The largest absolute Gasteiger partial charge is 0.486 e. The molecule has 3 aromatic rings. The molecule has 1 aromatic carbocycles. The third-order valence-electron chi connectivity index (χ3n) is 2.89. The van der Waals surface area contributed by atoms with Crippen LogP contribution in [-0.4, -0.2) is 21.1 Å². The Morgan fingerprint density at radius 1 is 1.32 bits per heavy atom. The lowest BCUT2D eigenvalue weighted by atomic mass is 10.3. The number of hydrogen-bond donors (Lipinski definition) is 1. The van der Waals surface area contributed by atoms with E-state index in [9.17, 15) is 0 Å². The normalized spacial score (nSPS) is 11.1. The van der Waals surface area contributed by atoms with E-state index in [4.69, 9.17) is 21.4 Å². The summed E-state index contributed by atoms with van der Waals surface area (Å²) in [5, 5.41) is 11.1. The van der Waals surface area contributed by atoms with E-state index in [0.29, 0.717) is 16.4 Å². The predicted octanol–water partition coefficient (Wildman–Crippen LogP) is 3.30. The highest BCUT2D eigenvalue weighted by molar-refractivity contribution is 7.71. The Bertz CT molecular complexity index is 833. The number of aryl methyl sites for hydroxylation is 1. The lowest BCUT2D eigenvalue weighted by molar-refractivity contribution is 0.290. The minimum Gasteiger partial charge on any atom is -0.486 e. The van der Waals surface area contributed by atoms with Crippen molar-refractivity contribution in [1.29, 1.82) is 0 Å². The van der Waals surface area contributed by atoms with Crippen LogP contribution in [0.1, 0.15) is 17.3 Å². The van der Waals surface area contributed by atoms with Gasteiger partial charge in [0.05, 0.1) is 6.21 Å². The highest BCUT2D eigenvalue weighted by atomic mass is 32.1. The summed E-state index contributed by atoms with van der Waals surface area (Å²) in [7, 11) is 0. The van der Waals surface area contributed by atoms with Crippen LogP contribution < -0.4 is 4.74 Å². The lowest BCUT2D eigenvalue weighted by Crippen LogP contribution is -2.04. The van der Waals surface area contributed by atoms with E-state index in [1.54, 1.807) is 6.21 Å². The standard InChI is InChI=1S/C15H14N4O2S/c1-11-7-8-13(21-11)9-16-19-14(17-18-15(19)22)10-20-12-5-3-2-4-6-12/h2-9H,10H2,1H3,(H,18,22)/b16-9-. The van der Waals surface area contributed by atoms with E-state index in [-0.39, 0.29) is 6.61 Å². The molecule has 0 atom stereocenters. The minimum atomic E-state index is 0.256. The summed E-state index contributed by atoms with van der Waals surface area (Å²) < 4.78 is 13.0. The molecule has 3 rings (SSSR count). The van der Waals surface area contributed by atoms with Crippen molar-refractivity contribution < 1.29 is 9.15 Å². The summed E-state index contributed by atoms with van der Waals surface area (Å²) in [6.07, 6.45) is 1.59. The molecule has 7 heteroatoms. The van der Waals surface area contributed by atoms with Crippen molar-refractivity contribution in [1.82, 2.24) is 14.9 Å². The molecule has 6 nitrogen and oxygen atoms in total. The molecule has 0 fully saturated rings. The van der Waals surface area contributed by atoms with Gasteiger partial charge in [0.15, 0.2) is 5.82 Å². The molecule has 2 heterocycles. The van der Waals surface area contributed by atoms with Crippen LogP contribution in [0, 0.1) is 11.7 Å². The molecule has 0 amide bonds. The first-order chi connectivity index (χ1) is 10.7. The zero-order chi connectivity index (χ0) is 15.4. The van der Waals surface area contributed by atoms with Gasteiger partial charge in [-0.1, -0.05) is 18.2 Å². The van der Waals surface area contributed by atoms with Crippen LogP contribution >= 0.6 is 12.2 Å². The number of rotatable bonds is 5. The SMILES string of the molecule is Cc1ccc(/C=N\n2c(COc3ccccc3)n[nH]c2=S)o1. The molecule has 0 spiro atoms. The van der Waals surface area contributed by atoms with Crippen molar-refractivity contribution in [3.8, 4) is 5.75 Å². The number of hydrogen-bond acceptors (Lipinski definition) is 5. The highest BCUT2D eigenvalue weighted by Crippen LogP contribution is 2.11. The second-order valence-corrected chi connectivity index (χ2v) is 4.94. The molecule has 0 aliphatic carbocycles. The van der Waals surface area contributed by atoms with Crippen molar-refractivity contribution in [2.24, 2.45) is 5.10 Å². The summed E-state index contributed by atoms with van der Waals surface area (Å²) in [6.45, 7) is 2.13. The highest BCUT2D eigenvalue weighted by Gasteiger charge is 2.06. The lowest BCUT2D eigenvalue weighted by Gasteiger charge is -2.04. The first-order valence-electron chi connectivity index (χ1n) is 6.67. The fourth-order valence-corrected chi connectivity index (χ4v) is 2.04. The number of aromatic amines is 1. The molecule has 0 aliphatic heterocycles. The van der Waals surface area contributed by atoms with E-state index in [2.05, 4.69) is 15.3 Å². The fraction of sp³-hybridized carbons (Fsp3) is 0.133. The molecule has 0 saturated heterocycles. The van der Waals surface area contributed by atoms with Crippen LogP contribution in [0.3, 0.4) is 0 Å². The Morgan fingerprint density at radius 2 is 2.14 bits per heavy atom. The van der Waals surface area contributed by atoms with Crippen LogP contribution in [0.25, 0.3) is 0 Å². The summed E-state index contributed by atoms with van der Waals surface area (Å²) in [6, 6.07) is 13.2. The summed E-state index contributed by atoms with van der Waals surface area (Å²) >= 11 is 5.17. The van der Waals surface area contributed by atoms with E-state index < -0.39 is 0 Å². The molecule has 0 radical (unpaired) electrons. The smallest absolute Gasteiger partial charge is 0.216 e. The van der Waals surface area contributed by atoms with Crippen molar-refractivity contribution in [3.05, 3.63) is 64.6 Å². The number of para-hydroxylation sites is 1. The molecule has 22 heavy (non-hydrogen) atoms. The van der Waals surface area contributed by atoms with E-state index in [1.165, 1.54) is 4.68 Å². The molecule has 0 aliphatic rings. The quantitative estimate of drug-likeness (QED) is 0.579. The van der Waals surface area contributed by atoms with E-state index in [1.807, 2.05) is 49.4 Å². The average Bonchev–Trinajstić information content (AvgIpc) is 3.10. The molecule has 0 unspecified atom stereocenters. The van der Waals surface area contributed by atoms with Gasteiger partial charge < -0.3 is 9.15 Å². The van der Waals surface area contributed by atoms with E-state index in [0.717, 1.165) is 11.5 Å². The molecular weight excluding hydrogens is 300 g/mol. The maximum absolute atomic E-state index is 5.66. The number of H-pyrrole nitrogens is 1. The summed E-state index contributed by atoms with van der Waals surface area (Å²) in [4.78, 5) is 0. The molecular formula is C15H14N4O2S. The van der Waals surface area contributed by atoms with Crippen LogP contribution in [0.15, 0.2) is 52.0 Å². The zero-order valence-corrected chi connectivity index (χ0v) is 12.7. The van der Waals surface area contributed by atoms with Gasteiger partial charge in [-0.2, -0.15) is 14.9 Å². The maximum Gasteiger partial charge on any atom is 0.216 e. The van der Waals surface area contributed by atoms with Gasteiger partial charge in [0.1, 0.15) is 23.9 Å². The number of nitrogens with one attached hydrogen (secondary N) is 1. The first-order valence-corrected chi connectivity index (χ1v) is 7.08. The van der Waals surface area contributed by atoms with Crippen LogP contribution in [0.5, 0.6) is 5.75 Å². The van der Waals surface area contributed by atoms with Crippen LogP contribution in [-0.2, 0) is 6.61 Å². The minimum absolute atomic E-state index is 0.256. The van der Waals surface area contributed by atoms with Crippen LogP contribution in [0.4, 0.5) is 0 Å². The third kappa shape index (κ3) is 3.32. The molecule has 0 bridgehead atoms. The Hall–Kier alpha value is -2.67. The number of benzene rings is 1. The monoisotopic (exact) mass is 314 g/mol. The Morgan fingerprint density at radius 3 is 2.86 bits per heavy atom. The summed E-state index contributed by atoms with van der Waals surface area (Å²) in [5.74, 6) is 2.81. The van der Waals surface area contributed by atoms with Crippen molar-refractivity contribution in [3.63, 3.8) is 0 Å². The topological polar surface area (TPSA) is 68.3 Å². The van der Waals surface area contributed by atoms with Gasteiger partial charge >= 0.3 is 0 Å². The van der Waals surface area contributed by atoms with Crippen molar-refractivity contribution in [2.75, 3.05) is 0 Å². The number of nitrogens with zero attached hydrogens (tertiary/aromatic N) is 3. The van der Waals surface area contributed by atoms with Gasteiger partial charge in [-0.25, -0.2) is 5.10 Å². The fourth-order valence-electron chi connectivity index (χ4n) is 1.84. The molecule has 1 N–H and O–H groups in total. The average molecular weight is 314 g/mol. The second kappa shape index (κ2) is 6.40. The molecule has 2 aromatic heterocycles. The number of furan rings is 1. The van der Waals surface area contributed by atoms with Crippen molar-refractivity contribution in [2.45, 2.75) is 13.5 Å². The Balaban J connectivity index is 1.76. The van der Waals surface area contributed by atoms with Gasteiger partial charge in [-0.3, -0.25) is 0 Å². The van der Waals surface area contributed by atoms with Crippen LogP contribution in [0.2, 0.25) is 0 Å². The predicted molar refractivity (Wildman–Crippen MR) is 84.6 cm³/mol. The number of ether oxygens (including phenoxy) is 1.